The van der Waals surface area contributed by atoms with Crippen molar-refractivity contribution in [3.8, 4) is 0 Å². The molecule has 2 heterocycles. The Morgan fingerprint density at radius 2 is 2.40 bits per heavy atom. The van der Waals surface area contributed by atoms with Gasteiger partial charge in [-0.2, -0.15) is 0 Å². The number of rotatable bonds is 6. The van der Waals surface area contributed by atoms with Gasteiger partial charge in [-0.15, -0.1) is 11.3 Å². The van der Waals surface area contributed by atoms with Gasteiger partial charge in [0.15, 0.2) is 0 Å². The van der Waals surface area contributed by atoms with Crippen molar-refractivity contribution in [2.75, 3.05) is 33.4 Å². The van der Waals surface area contributed by atoms with Crippen molar-refractivity contribution in [2.24, 2.45) is 0 Å². The highest BCUT2D eigenvalue weighted by Gasteiger charge is 2.24. The molecule has 7 heteroatoms. The molecular formula is C13H18Cl2N2O2S. The van der Waals surface area contributed by atoms with Gasteiger partial charge in [-0.25, -0.2) is 0 Å². The third-order valence-electron chi connectivity index (χ3n) is 3.34. The third kappa shape index (κ3) is 4.09. The minimum absolute atomic E-state index is 0.0797. The molecule has 1 aliphatic heterocycles. The summed E-state index contributed by atoms with van der Waals surface area (Å²) in [5, 5.41) is 3.40. The fourth-order valence-corrected chi connectivity index (χ4v) is 3.76. The zero-order chi connectivity index (χ0) is 14.5. The van der Waals surface area contributed by atoms with Crippen LogP contribution in [0.25, 0.3) is 0 Å². The van der Waals surface area contributed by atoms with Gasteiger partial charge in [-0.1, -0.05) is 23.2 Å². The molecule has 112 valence electrons. The minimum atomic E-state index is -0.0797. The largest absolute Gasteiger partial charge is 0.383 e. The van der Waals surface area contributed by atoms with Crippen LogP contribution in [-0.2, 0) is 4.74 Å². The first-order chi connectivity index (χ1) is 9.61. The Morgan fingerprint density at radius 1 is 1.60 bits per heavy atom. The number of hydrogen-bond acceptors (Lipinski definition) is 4. The van der Waals surface area contributed by atoms with Gasteiger partial charge < -0.3 is 15.0 Å². The second-order valence-corrected chi connectivity index (χ2v) is 7.06. The molecule has 1 aliphatic rings. The van der Waals surface area contributed by atoms with Gasteiger partial charge in [0, 0.05) is 26.2 Å². The van der Waals surface area contributed by atoms with E-state index in [0.717, 1.165) is 19.4 Å². The van der Waals surface area contributed by atoms with E-state index in [2.05, 4.69) is 5.32 Å². The summed E-state index contributed by atoms with van der Waals surface area (Å²) in [7, 11) is 1.63. The summed E-state index contributed by atoms with van der Waals surface area (Å²) in [6, 6.07) is 1.99. The van der Waals surface area contributed by atoms with Crippen LogP contribution in [0.4, 0.5) is 0 Å². The van der Waals surface area contributed by atoms with E-state index in [9.17, 15) is 4.79 Å². The van der Waals surface area contributed by atoms with E-state index in [0.29, 0.717) is 40.0 Å². The number of thiophene rings is 1. The quantitative estimate of drug-likeness (QED) is 0.868. The maximum absolute atomic E-state index is 12.6. The molecule has 2 rings (SSSR count). The maximum atomic E-state index is 12.6. The smallest absolute Gasteiger partial charge is 0.256 e. The molecule has 1 saturated heterocycles. The second kappa shape index (κ2) is 7.61. The average molecular weight is 337 g/mol. The number of hydrogen-bond donors (Lipinski definition) is 1. The van der Waals surface area contributed by atoms with Crippen LogP contribution in [0.5, 0.6) is 0 Å². The topological polar surface area (TPSA) is 41.6 Å². The molecule has 0 spiro atoms. The summed E-state index contributed by atoms with van der Waals surface area (Å²) in [4.78, 5) is 14.4. The van der Waals surface area contributed by atoms with Crippen molar-refractivity contribution in [3.63, 3.8) is 0 Å². The van der Waals surface area contributed by atoms with Gasteiger partial charge in [-0.05, 0) is 25.5 Å². The number of halogens is 2. The van der Waals surface area contributed by atoms with Gasteiger partial charge in [0.1, 0.15) is 4.34 Å². The minimum Gasteiger partial charge on any atom is -0.383 e. The third-order valence-corrected chi connectivity index (χ3v) is 4.83. The van der Waals surface area contributed by atoms with Crippen LogP contribution in [0.1, 0.15) is 23.2 Å². The van der Waals surface area contributed by atoms with Crippen LogP contribution in [0, 0.1) is 0 Å². The molecule has 1 aromatic rings. The number of amides is 1. The van der Waals surface area contributed by atoms with E-state index in [-0.39, 0.29) is 5.91 Å². The Kier molecular flexibility index (Phi) is 6.11. The summed E-state index contributed by atoms with van der Waals surface area (Å²) in [5.41, 5.74) is 0.482. The zero-order valence-electron chi connectivity index (χ0n) is 11.3. The fraction of sp³-hybridized carbons (Fsp3) is 0.615. The van der Waals surface area contributed by atoms with Crippen molar-refractivity contribution in [2.45, 2.75) is 18.9 Å². The molecule has 0 aromatic carbocycles. The molecule has 1 amide bonds. The van der Waals surface area contributed by atoms with Gasteiger partial charge in [-0.3, -0.25) is 4.79 Å². The first-order valence-corrected chi connectivity index (χ1v) is 8.15. The van der Waals surface area contributed by atoms with Crippen molar-refractivity contribution >= 4 is 40.4 Å². The number of methoxy groups -OCH3 is 1. The van der Waals surface area contributed by atoms with E-state index < -0.39 is 0 Å². The number of ether oxygens (including phenoxy) is 1. The molecule has 1 unspecified atom stereocenters. The number of carbonyl (C=O) groups is 1. The van der Waals surface area contributed by atoms with Crippen LogP contribution >= 0.6 is 34.5 Å². The Bertz CT molecular complexity index is 461. The van der Waals surface area contributed by atoms with Crippen LogP contribution in [0.2, 0.25) is 8.67 Å². The number of nitrogens with zero attached hydrogens (tertiary/aromatic N) is 1. The normalized spacial score (nSPS) is 18.4. The zero-order valence-corrected chi connectivity index (χ0v) is 13.7. The van der Waals surface area contributed by atoms with Crippen molar-refractivity contribution < 1.29 is 9.53 Å². The van der Waals surface area contributed by atoms with Crippen LogP contribution in [0.3, 0.4) is 0 Å². The van der Waals surface area contributed by atoms with Gasteiger partial charge in [0.2, 0.25) is 0 Å². The average Bonchev–Trinajstić information content (AvgIpc) is 3.03. The van der Waals surface area contributed by atoms with Crippen molar-refractivity contribution in [3.05, 3.63) is 20.3 Å². The molecule has 1 fully saturated rings. The molecule has 0 bridgehead atoms. The SMILES string of the molecule is COCCN(CC1CCCN1)C(=O)c1cc(Cl)sc1Cl. The van der Waals surface area contributed by atoms with E-state index in [1.54, 1.807) is 18.1 Å². The molecule has 1 atom stereocenters. The second-order valence-electron chi connectivity index (χ2n) is 4.78. The Balaban J connectivity index is 2.07. The Morgan fingerprint density at radius 3 is 2.95 bits per heavy atom. The molecular weight excluding hydrogens is 319 g/mol. The number of nitrogens with one attached hydrogen (secondary N) is 1. The van der Waals surface area contributed by atoms with Crippen molar-refractivity contribution in [1.29, 1.82) is 0 Å². The highest BCUT2D eigenvalue weighted by molar-refractivity contribution is 7.20. The van der Waals surface area contributed by atoms with Crippen LogP contribution < -0.4 is 5.32 Å². The van der Waals surface area contributed by atoms with Gasteiger partial charge in [0.05, 0.1) is 16.5 Å². The maximum Gasteiger partial charge on any atom is 0.256 e. The lowest BCUT2D eigenvalue weighted by molar-refractivity contribution is 0.0680. The Hall–Kier alpha value is -0.330. The molecule has 1 N–H and O–H groups in total. The van der Waals surface area contributed by atoms with Crippen LogP contribution in [0.15, 0.2) is 6.07 Å². The lowest BCUT2D eigenvalue weighted by atomic mass is 10.2. The van der Waals surface area contributed by atoms with Crippen molar-refractivity contribution in [1.82, 2.24) is 10.2 Å². The fourth-order valence-electron chi connectivity index (χ4n) is 2.31. The summed E-state index contributed by atoms with van der Waals surface area (Å²) in [5.74, 6) is -0.0797. The van der Waals surface area contributed by atoms with E-state index in [1.807, 2.05) is 0 Å². The lowest BCUT2D eigenvalue weighted by Crippen LogP contribution is -2.42. The predicted molar refractivity (Wildman–Crippen MR) is 83.1 cm³/mol. The highest BCUT2D eigenvalue weighted by Crippen LogP contribution is 2.32. The summed E-state index contributed by atoms with van der Waals surface area (Å²) in [6.07, 6.45) is 2.25. The molecule has 1 aromatic heterocycles. The summed E-state index contributed by atoms with van der Waals surface area (Å²) in [6.45, 7) is 2.75. The van der Waals surface area contributed by atoms with Gasteiger partial charge >= 0.3 is 0 Å². The summed E-state index contributed by atoms with van der Waals surface area (Å²) < 4.78 is 6.07. The van der Waals surface area contributed by atoms with E-state index in [1.165, 1.54) is 11.3 Å². The molecule has 0 radical (unpaired) electrons. The van der Waals surface area contributed by atoms with E-state index >= 15 is 0 Å². The molecule has 0 aliphatic carbocycles. The first kappa shape index (κ1) is 16.0. The molecule has 4 nitrogen and oxygen atoms in total. The summed E-state index contributed by atoms with van der Waals surface area (Å²) >= 11 is 13.2. The van der Waals surface area contributed by atoms with Crippen LogP contribution in [-0.4, -0.2) is 50.2 Å². The standard InChI is InChI=1S/C13H18Cl2N2O2S/c1-19-6-5-17(8-9-3-2-4-16-9)13(18)10-7-11(14)20-12(10)15/h7,9,16H,2-6,8H2,1H3. The van der Waals surface area contributed by atoms with E-state index in [4.69, 9.17) is 27.9 Å². The molecule has 20 heavy (non-hydrogen) atoms. The Labute approximate surface area is 133 Å². The lowest BCUT2D eigenvalue weighted by Gasteiger charge is -2.25. The predicted octanol–water partition coefficient (Wildman–Crippen LogP) is 2.90. The van der Waals surface area contributed by atoms with Gasteiger partial charge in [0.25, 0.3) is 5.91 Å². The molecule has 0 saturated carbocycles. The number of carbonyl (C=O) groups excluding carboxylic acids is 1. The highest BCUT2D eigenvalue weighted by atomic mass is 35.5. The monoisotopic (exact) mass is 336 g/mol. The first-order valence-electron chi connectivity index (χ1n) is 6.58.